The Balaban J connectivity index is 1.61. The number of carbonyl (C=O) groups excluding carboxylic acids is 1. The molecule has 6 nitrogen and oxygen atoms in total. The molecule has 1 heterocycles. The van der Waals surface area contributed by atoms with Gasteiger partial charge in [0.2, 0.25) is 5.62 Å². The molecule has 7 heteroatoms. The second-order valence-electron chi connectivity index (χ2n) is 8.46. The van der Waals surface area contributed by atoms with Gasteiger partial charge in [-0.15, -0.1) is 0 Å². The number of amides is 1. The number of hydrogen-bond acceptors (Lipinski definition) is 3. The first-order valence-corrected chi connectivity index (χ1v) is 11.0. The summed E-state index contributed by atoms with van der Waals surface area (Å²) in [7, 11) is 1.82. The molecule has 1 saturated carbocycles. The summed E-state index contributed by atoms with van der Waals surface area (Å²) in [6.07, 6.45) is 5.76. The van der Waals surface area contributed by atoms with Crippen LogP contribution < -0.4 is 15.7 Å². The highest BCUT2D eigenvalue weighted by Gasteiger charge is 2.34. The van der Waals surface area contributed by atoms with Crippen molar-refractivity contribution in [2.24, 2.45) is 13.0 Å². The van der Waals surface area contributed by atoms with E-state index in [0.29, 0.717) is 41.6 Å². The minimum absolute atomic E-state index is 0.149. The van der Waals surface area contributed by atoms with E-state index >= 15 is 0 Å². The zero-order valence-electron chi connectivity index (χ0n) is 18.7. The third-order valence-corrected chi connectivity index (χ3v) is 5.89. The standard InChI is InChI=1S/C25H29FN4O2/c1-4-32-21-13-17(15-30-10-9-29(3)25(30)27)12-20(14-21)24(31)28-23(18-5-6-18)19-7-8-22(26)16(2)11-19/h7-14,18,23,27H,4-6,15H2,1-3H3,(H,28,31). The summed E-state index contributed by atoms with van der Waals surface area (Å²) in [6.45, 7) is 4.60. The molecule has 1 aliphatic rings. The number of aryl methyl sites for hydroxylation is 2. The number of nitrogens with one attached hydrogen (secondary N) is 2. The molecule has 0 aliphatic heterocycles. The fourth-order valence-electron chi connectivity index (χ4n) is 3.97. The van der Waals surface area contributed by atoms with Crippen molar-refractivity contribution in [2.75, 3.05) is 6.61 Å². The Kier molecular flexibility index (Phi) is 6.17. The van der Waals surface area contributed by atoms with Crippen molar-refractivity contribution >= 4 is 5.91 Å². The lowest BCUT2D eigenvalue weighted by Crippen LogP contribution is -2.30. The number of ether oxygens (including phenoxy) is 1. The summed E-state index contributed by atoms with van der Waals surface area (Å²) in [5.41, 5.74) is 3.27. The number of nitrogens with zero attached hydrogens (tertiary/aromatic N) is 2. The lowest BCUT2D eigenvalue weighted by Gasteiger charge is -2.20. The average molecular weight is 437 g/mol. The van der Waals surface area contributed by atoms with Crippen molar-refractivity contribution < 1.29 is 13.9 Å². The van der Waals surface area contributed by atoms with Crippen LogP contribution in [0.4, 0.5) is 4.39 Å². The van der Waals surface area contributed by atoms with E-state index in [0.717, 1.165) is 24.0 Å². The number of aromatic nitrogens is 2. The van der Waals surface area contributed by atoms with E-state index in [4.69, 9.17) is 10.1 Å². The molecule has 3 aromatic rings. The van der Waals surface area contributed by atoms with Gasteiger partial charge < -0.3 is 19.2 Å². The molecule has 0 saturated heterocycles. The van der Waals surface area contributed by atoms with Crippen molar-refractivity contribution in [3.05, 3.63) is 82.5 Å². The molecule has 1 atom stereocenters. The Hall–Kier alpha value is -3.35. The number of halogens is 1. The summed E-state index contributed by atoms with van der Waals surface area (Å²) in [5, 5.41) is 11.3. The van der Waals surface area contributed by atoms with Crippen LogP contribution in [0.25, 0.3) is 0 Å². The molecule has 168 valence electrons. The predicted molar refractivity (Wildman–Crippen MR) is 120 cm³/mol. The Morgan fingerprint density at radius 1 is 1.25 bits per heavy atom. The minimum atomic E-state index is -0.240. The van der Waals surface area contributed by atoms with Crippen LogP contribution in [-0.4, -0.2) is 21.6 Å². The van der Waals surface area contributed by atoms with Gasteiger partial charge in [-0.1, -0.05) is 12.1 Å². The molecule has 1 aromatic heterocycles. The third kappa shape index (κ3) is 4.77. The van der Waals surface area contributed by atoms with Gasteiger partial charge in [-0.3, -0.25) is 10.2 Å². The molecule has 2 N–H and O–H groups in total. The molecule has 4 rings (SSSR count). The quantitative estimate of drug-likeness (QED) is 0.559. The highest BCUT2D eigenvalue weighted by atomic mass is 19.1. The summed E-state index contributed by atoms with van der Waals surface area (Å²) in [6, 6.07) is 10.4. The number of benzene rings is 2. The summed E-state index contributed by atoms with van der Waals surface area (Å²) in [4.78, 5) is 13.3. The van der Waals surface area contributed by atoms with Crippen LogP contribution in [0.5, 0.6) is 5.75 Å². The number of hydrogen-bond donors (Lipinski definition) is 2. The fourth-order valence-corrected chi connectivity index (χ4v) is 3.97. The number of rotatable bonds is 8. The maximum absolute atomic E-state index is 13.8. The van der Waals surface area contributed by atoms with E-state index in [1.165, 1.54) is 6.07 Å². The van der Waals surface area contributed by atoms with E-state index in [1.54, 1.807) is 28.2 Å². The smallest absolute Gasteiger partial charge is 0.251 e. The van der Waals surface area contributed by atoms with Crippen LogP contribution in [-0.2, 0) is 13.6 Å². The van der Waals surface area contributed by atoms with Gasteiger partial charge in [0.15, 0.2) is 0 Å². The minimum Gasteiger partial charge on any atom is -0.494 e. The molecule has 0 bridgehead atoms. The Morgan fingerprint density at radius 3 is 2.66 bits per heavy atom. The van der Waals surface area contributed by atoms with Crippen LogP contribution >= 0.6 is 0 Å². The first-order chi connectivity index (χ1) is 15.4. The fraction of sp³-hybridized carbons (Fsp3) is 0.360. The second kappa shape index (κ2) is 9.02. The van der Waals surface area contributed by atoms with E-state index in [2.05, 4.69) is 5.32 Å². The van der Waals surface area contributed by atoms with Gasteiger partial charge in [-0.25, -0.2) is 4.39 Å². The number of carbonyl (C=O) groups is 1. The van der Waals surface area contributed by atoms with Gasteiger partial charge in [0, 0.05) is 25.0 Å². The van der Waals surface area contributed by atoms with Crippen molar-refractivity contribution in [1.82, 2.24) is 14.5 Å². The summed E-state index contributed by atoms with van der Waals surface area (Å²) >= 11 is 0. The topological polar surface area (TPSA) is 72.0 Å². The Bertz CT molecular complexity index is 1190. The van der Waals surface area contributed by atoms with Crippen LogP contribution in [0, 0.1) is 24.1 Å². The Morgan fingerprint density at radius 2 is 2.03 bits per heavy atom. The zero-order chi connectivity index (χ0) is 22.8. The van der Waals surface area contributed by atoms with Crippen molar-refractivity contribution in [1.29, 1.82) is 5.41 Å². The molecular formula is C25H29FN4O2. The van der Waals surface area contributed by atoms with Gasteiger partial charge >= 0.3 is 0 Å². The monoisotopic (exact) mass is 436 g/mol. The van der Waals surface area contributed by atoms with Gasteiger partial charge in [0.1, 0.15) is 11.6 Å². The molecular weight excluding hydrogens is 407 g/mol. The van der Waals surface area contributed by atoms with Crippen LogP contribution in [0.15, 0.2) is 48.8 Å². The lowest BCUT2D eigenvalue weighted by atomic mass is 9.99. The largest absolute Gasteiger partial charge is 0.494 e. The molecule has 1 amide bonds. The molecule has 0 spiro atoms. The average Bonchev–Trinajstić information content (AvgIpc) is 3.56. The third-order valence-electron chi connectivity index (χ3n) is 5.89. The maximum atomic E-state index is 13.8. The van der Waals surface area contributed by atoms with E-state index < -0.39 is 0 Å². The molecule has 32 heavy (non-hydrogen) atoms. The van der Waals surface area contributed by atoms with Gasteiger partial charge in [0.25, 0.3) is 5.91 Å². The van der Waals surface area contributed by atoms with Crippen molar-refractivity contribution in [2.45, 2.75) is 39.3 Å². The highest BCUT2D eigenvalue weighted by molar-refractivity contribution is 5.95. The van der Waals surface area contributed by atoms with E-state index in [9.17, 15) is 9.18 Å². The maximum Gasteiger partial charge on any atom is 0.251 e. The van der Waals surface area contributed by atoms with Gasteiger partial charge in [0.05, 0.1) is 19.2 Å². The highest BCUT2D eigenvalue weighted by Crippen LogP contribution is 2.41. The second-order valence-corrected chi connectivity index (χ2v) is 8.46. The van der Waals surface area contributed by atoms with E-state index in [-0.39, 0.29) is 17.8 Å². The first kappa shape index (κ1) is 21.9. The Labute approximate surface area is 187 Å². The summed E-state index contributed by atoms with van der Waals surface area (Å²) < 4.78 is 23.0. The normalized spacial score (nSPS) is 14.2. The first-order valence-electron chi connectivity index (χ1n) is 11.0. The lowest BCUT2D eigenvalue weighted by molar-refractivity contribution is 0.0931. The van der Waals surface area contributed by atoms with Crippen molar-refractivity contribution in [3.8, 4) is 5.75 Å². The summed E-state index contributed by atoms with van der Waals surface area (Å²) in [5.74, 6) is 0.564. The van der Waals surface area contributed by atoms with E-state index in [1.807, 2.05) is 44.6 Å². The van der Waals surface area contributed by atoms with Crippen LogP contribution in [0.3, 0.4) is 0 Å². The molecule has 2 aromatic carbocycles. The molecule has 1 fully saturated rings. The molecule has 1 aliphatic carbocycles. The zero-order valence-corrected chi connectivity index (χ0v) is 18.7. The number of imidazole rings is 1. The van der Waals surface area contributed by atoms with Crippen LogP contribution in [0.2, 0.25) is 0 Å². The van der Waals surface area contributed by atoms with Gasteiger partial charge in [-0.2, -0.15) is 0 Å². The molecule has 1 unspecified atom stereocenters. The van der Waals surface area contributed by atoms with Crippen LogP contribution in [0.1, 0.15) is 52.9 Å². The van der Waals surface area contributed by atoms with Crippen molar-refractivity contribution in [3.63, 3.8) is 0 Å². The van der Waals surface area contributed by atoms with Gasteiger partial charge in [-0.05, 0) is 73.6 Å². The molecule has 0 radical (unpaired) electrons. The predicted octanol–water partition coefficient (Wildman–Crippen LogP) is 4.08. The SMILES string of the molecule is CCOc1cc(Cn2ccn(C)c2=N)cc(C(=O)NC(c2ccc(F)c(C)c2)C2CC2)c1.